The Balaban J connectivity index is 1.51. The molecule has 0 atom stereocenters. The number of hydrogen-bond donors (Lipinski definition) is 1. The molecule has 0 bridgehead atoms. The van der Waals surface area contributed by atoms with Gasteiger partial charge in [0.15, 0.2) is 0 Å². The fourth-order valence-corrected chi connectivity index (χ4v) is 4.24. The molecule has 0 saturated carbocycles. The van der Waals surface area contributed by atoms with E-state index in [1.54, 1.807) is 0 Å². The van der Waals surface area contributed by atoms with Crippen LogP contribution in [0, 0.1) is 18.6 Å². The number of nitrogens with one attached hydrogen (secondary N) is 1. The molecule has 30 heavy (non-hydrogen) atoms. The van der Waals surface area contributed by atoms with E-state index in [1.807, 2.05) is 36.5 Å². The maximum absolute atomic E-state index is 13.8. The van der Waals surface area contributed by atoms with E-state index >= 15 is 0 Å². The molecule has 0 fully saturated rings. The number of nitrogens with zero attached hydrogens (tertiary/aromatic N) is 1. The standard InChI is InChI=1S/C24H20F2N2OS/c1-16-6-2-3-7-17(16)13-28-14-23(19-8-4-5-9-22(19)28)30-15-24(29)27-21-11-10-18(25)12-20(21)26/h2-12,14H,13,15H2,1H3,(H,27,29). The highest BCUT2D eigenvalue weighted by Crippen LogP contribution is 2.31. The van der Waals surface area contributed by atoms with Gasteiger partial charge in [0.1, 0.15) is 11.6 Å². The van der Waals surface area contributed by atoms with Gasteiger partial charge in [-0.2, -0.15) is 0 Å². The van der Waals surface area contributed by atoms with Gasteiger partial charge in [-0.05, 0) is 36.2 Å². The van der Waals surface area contributed by atoms with Crippen molar-refractivity contribution < 1.29 is 13.6 Å². The Kier molecular flexibility index (Phi) is 5.86. The van der Waals surface area contributed by atoms with E-state index in [0.29, 0.717) is 0 Å². The van der Waals surface area contributed by atoms with Crippen LogP contribution in [0.1, 0.15) is 11.1 Å². The normalized spacial score (nSPS) is 11.0. The maximum Gasteiger partial charge on any atom is 0.234 e. The second-order valence-corrected chi connectivity index (χ2v) is 8.04. The molecule has 0 aliphatic carbocycles. The van der Waals surface area contributed by atoms with E-state index in [0.717, 1.165) is 34.5 Å². The van der Waals surface area contributed by atoms with Crippen molar-refractivity contribution in [1.82, 2.24) is 4.57 Å². The molecule has 6 heteroatoms. The van der Waals surface area contributed by atoms with Crippen LogP contribution >= 0.6 is 11.8 Å². The Morgan fingerprint density at radius 1 is 1.03 bits per heavy atom. The highest BCUT2D eigenvalue weighted by atomic mass is 32.2. The fraction of sp³-hybridized carbons (Fsp3) is 0.125. The van der Waals surface area contributed by atoms with Gasteiger partial charge < -0.3 is 9.88 Å². The topological polar surface area (TPSA) is 34.0 Å². The average molecular weight is 423 g/mol. The number of benzene rings is 3. The first-order chi connectivity index (χ1) is 14.5. The van der Waals surface area contributed by atoms with Crippen molar-refractivity contribution in [2.24, 2.45) is 0 Å². The second kappa shape index (κ2) is 8.71. The molecule has 1 N–H and O–H groups in total. The Morgan fingerprint density at radius 3 is 2.60 bits per heavy atom. The van der Waals surface area contributed by atoms with Crippen LogP contribution in [0.4, 0.5) is 14.5 Å². The molecule has 1 heterocycles. The van der Waals surface area contributed by atoms with Crippen molar-refractivity contribution in [3.63, 3.8) is 0 Å². The first kappa shape index (κ1) is 20.2. The van der Waals surface area contributed by atoms with Gasteiger partial charge in [0.25, 0.3) is 0 Å². The smallest absolute Gasteiger partial charge is 0.234 e. The monoisotopic (exact) mass is 422 g/mol. The summed E-state index contributed by atoms with van der Waals surface area (Å²) in [5.74, 6) is -1.69. The summed E-state index contributed by atoms with van der Waals surface area (Å²) in [5.41, 5.74) is 3.53. The summed E-state index contributed by atoms with van der Waals surface area (Å²) in [6.07, 6.45) is 2.05. The first-order valence-electron chi connectivity index (χ1n) is 9.51. The number of amides is 1. The largest absolute Gasteiger partial charge is 0.342 e. The molecule has 3 aromatic carbocycles. The van der Waals surface area contributed by atoms with Crippen LogP contribution in [0.5, 0.6) is 0 Å². The van der Waals surface area contributed by atoms with E-state index in [4.69, 9.17) is 0 Å². The Bertz CT molecular complexity index is 1220. The number of para-hydroxylation sites is 1. The van der Waals surface area contributed by atoms with Crippen LogP contribution in [0.2, 0.25) is 0 Å². The fourth-order valence-electron chi connectivity index (χ4n) is 3.35. The molecule has 0 radical (unpaired) electrons. The molecular formula is C24H20F2N2OS. The molecule has 0 spiro atoms. The summed E-state index contributed by atoms with van der Waals surface area (Å²) in [4.78, 5) is 13.3. The van der Waals surface area contributed by atoms with Crippen LogP contribution in [-0.4, -0.2) is 16.2 Å². The zero-order valence-electron chi connectivity index (χ0n) is 16.4. The van der Waals surface area contributed by atoms with Gasteiger partial charge in [-0.25, -0.2) is 8.78 Å². The number of thioether (sulfide) groups is 1. The maximum atomic E-state index is 13.8. The van der Waals surface area contributed by atoms with Gasteiger partial charge in [-0.15, -0.1) is 11.8 Å². The zero-order chi connectivity index (χ0) is 21.1. The summed E-state index contributed by atoms with van der Waals surface area (Å²) in [6.45, 7) is 2.83. The van der Waals surface area contributed by atoms with Crippen molar-refractivity contribution in [2.75, 3.05) is 11.1 Å². The van der Waals surface area contributed by atoms with Crippen molar-refractivity contribution in [3.8, 4) is 0 Å². The average Bonchev–Trinajstić information content (AvgIpc) is 3.08. The summed E-state index contributed by atoms with van der Waals surface area (Å²) < 4.78 is 29.0. The number of rotatable bonds is 6. The molecule has 4 aromatic rings. The molecule has 0 saturated heterocycles. The Labute approximate surface area is 177 Å². The number of anilines is 1. The number of carbonyl (C=O) groups excluding carboxylic acids is 1. The number of aromatic nitrogens is 1. The summed E-state index contributed by atoms with van der Waals surface area (Å²) >= 11 is 1.39. The highest BCUT2D eigenvalue weighted by molar-refractivity contribution is 8.00. The lowest BCUT2D eigenvalue weighted by Gasteiger charge is -2.08. The highest BCUT2D eigenvalue weighted by Gasteiger charge is 2.13. The Morgan fingerprint density at radius 2 is 1.80 bits per heavy atom. The van der Waals surface area contributed by atoms with Crippen molar-refractivity contribution in [2.45, 2.75) is 18.4 Å². The summed E-state index contributed by atoms with van der Waals surface area (Å²) in [6, 6.07) is 19.4. The third-order valence-corrected chi connectivity index (χ3v) is 5.96. The lowest BCUT2D eigenvalue weighted by atomic mass is 10.1. The number of hydrogen-bond acceptors (Lipinski definition) is 2. The molecule has 3 nitrogen and oxygen atoms in total. The molecule has 1 aromatic heterocycles. The lowest BCUT2D eigenvalue weighted by Crippen LogP contribution is -2.15. The van der Waals surface area contributed by atoms with Crippen LogP contribution in [0.15, 0.2) is 77.8 Å². The summed E-state index contributed by atoms with van der Waals surface area (Å²) in [7, 11) is 0. The van der Waals surface area contributed by atoms with Crippen LogP contribution in [0.25, 0.3) is 10.9 Å². The minimum absolute atomic E-state index is 0.0241. The van der Waals surface area contributed by atoms with Crippen LogP contribution in [0.3, 0.4) is 0 Å². The predicted octanol–water partition coefficient (Wildman–Crippen LogP) is 6.01. The Hall–Kier alpha value is -3.12. The molecule has 0 unspecified atom stereocenters. The first-order valence-corrected chi connectivity index (χ1v) is 10.5. The third kappa shape index (κ3) is 4.39. The van der Waals surface area contributed by atoms with Crippen molar-refractivity contribution in [1.29, 1.82) is 0 Å². The number of aryl methyl sites for hydroxylation is 1. The quantitative estimate of drug-likeness (QED) is 0.386. The molecule has 152 valence electrons. The minimum atomic E-state index is -0.789. The van der Waals surface area contributed by atoms with E-state index in [-0.39, 0.29) is 17.3 Å². The number of fused-ring (bicyclic) bond motifs is 1. The SMILES string of the molecule is Cc1ccccc1Cn1cc(SCC(=O)Nc2ccc(F)cc2F)c2ccccc21. The zero-order valence-corrected chi connectivity index (χ0v) is 17.2. The van der Waals surface area contributed by atoms with E-state index in [9.17, 15) is 13.6 Å². The second-order valence-electron chi connectivity index (χ2n) is 7.03. The van der Waals surface area contributed by atoms with Gasteiger partial charge in [0, 0.05) is 34.6 Å². The molecule has 0 aliphatic rings. The van der Waals surface area contributed by atoms with Crippen LogP contribution in [-0.2, 0) is 11.3 Å². The molecule has 4 rings (SSSR count). The van der Waals surface area contributed by atoms with Gasteiger partial charge in [-0.1, -0.05) is 42.5 Å². The molecule has 1 amide bonds. The van der Waals surface area contributed by atoms with E-state index in [2.05, 4.69) is 35.0 Å². The molecule has 0 aliphatic heterocycles. The van der Waals surface area contributed by atoms with Gasteiger partial charge in [0.2, 0.25) is 5.91 Å². The summed E-state index contributed by atoms with van der Waals surface area (Å²) in [5, 5.41) is 3.57. The third-order valence-electron chi connectivity index (χ3n) is 4.92. The number of halogens is 2. The van der Waals surface area contributed by atoms with E-state index in [1.165, 1.54) is 29.0 Å². The van der Waals surface area contributed by atoms with Gasteiger partial charge in [0.05, 0.1) is 11.4 Å². The molecular weight excluding hydrogens is 402 g/mol. The van der Waals surface area contributed by atoms with Crippen LogP contribution < -0.4 is 5.32 Å². The number of carbonyl (C=O) groups is 1. The van der Waals surface area contributed by atoms with E-state index < -0.39 is 11.6 Å². The van der Waals surface area contributed by atoms with Gasteiger partial charge >= 0.3 is 0 Å². The van der Waals surface area contributed by atoms with Gasteiger partial charge in [-0.3, -0.25) is 4.79 Å². The van der Waals surface area contributed by atoms with Crippen molar-refractivity contribution >= 4 is 34.3 Å². The minimum Gasteiger partial charge on any atom is -0.342 e. The lowest BCUT2D eigenvalue weighted by molar-refractivity contribution is -0.113. The predicted molar refractivity (Wildman–Crippen MR) is 118 cm³/mol. The van der Waals surface area contributed by atoms with Crippen molar-refractivity contribution in [3.05, 3.63) is 95.7 Å².